The van der Waals surface area contributed by atoms with Crippen LogP contribution in [0.25, 0.3) is 5.65 Å². The number of hydrogen-bond donors (Lipinski definition) is 1. The Morgan fingerprint density at radius 1 is 1.47 bits per heavy atom. The van der Waals surface area contributed by atoms with E-state index in [9.17, 15) is 4.79 Å². The van der Waals surface area contributed by atoms with Gasteiger partial charge in [-0.1, -0.05) is 0 Å². The molecule has 0 spiro atoms. The van der Waals surface area contributed by atoms with Crippen molar-refractivity contribution in [2.45, 2.75) is 20.3 Å². The molecule has 78 valence electrons. The van der Waals surface area contributed by atoms with E-state index in [0.29, 0.717) is 5.69 Å². The number of aryl methyl sites for hydroxylation is 2. The van der Waals surface area contributed by atoms with Crippen LogP contribution < -0.4 is 0 Å². The van der Waals surface area contributed by atoms with E-state index in [1.165, 1.54) is 0 Å². The second-order valence-corrected chi connectivity index (χ2v) is 3.71. The summed E-state index contributed by atoms with van der Waals surface area (Å²) in [6, 6.07) is 3.98. The molecule has 0 aliphatic rings. The van der Waals surface area contributed by atoms with Crippen molar-refractivity contribution in [3.8, 4) is 0 Å². The minimum absolute atomic E-state index is 0.0276. The molecule has 0 bridgehead atoms. The van der Waals surface area contributed by atoms with Crippen LogP contribution in [0, 0.1) is 13.8 Å². The first kappa shape index (κ1) is 9.71. The van der Waals surface area contributed by atoms with Gasteiger partial charge in [0.1, 0.15) is 5.65 Å². The molecule has 0 atom stereocenters. The fraction of sp³-hybridized carbons (Fsp3) is 0.273. The number of aliphatic carboxylic acids is 1. The van der Waals surface area contributed by atoms with Crippen LogP contribution in [0.4, 0.5) is 0 Å². The smallest absolute Gasteiger partial charge is 0.309 e. The number of aromatic nitrogens is 2. The number of nitrogens with zero attached hydrogens (tertiary/aromatic N) is 2. The van der Waals surface area contributed by atoms with E-state index in [-0.39, 0.29) is 6.42 Å². The number of hydrogen-bond acceptors (Lipinski definition) is 2. The van der Waals surface area contributed by atoms with Crippen molar-refractivity contribution in [1.82, 2.24) is 9.38 Å². The Kier molecular flexibility index (Phi) is 2.19. The van der Waals surface area contributed by atoms with E-state index in [0.717, 1.165) is 16.9 Å². The van der Waals surface area contributed by atoms with E-state index < -0.39 is 5.97 Å². The van der Waals surface area contributed by atoms with Gasteiger partial charge < -0.3 is 9.51 Å². The SMILES string of the molecule is Cc1cc(C)n2cc(CC(=O)O)nc2c1. The van der Waals surface area contributed by atoms with Crippen LogP contribution in [-0.2, 0) is 11.2 Å². The maximum absolute atomic E-state index is 10.5. The summed E-state index contributed by atoms with van der Waals surface area (Å²) < 4.78 is 1.91. The Bertz CT molecular complexity index is 529. The van der Waals surface area contributed by atoms with Gasteiger partial charge in [-0.2, -0.15) is 0 Å². The lowest BCUT2D eigenvalue weighted by molar-refractivity contribution is -0.136. The third-order valence-corrected chi connectivity index (χ3v) is 2.29. The molecular weight excluding hydrogens is 192 g/mol. The van der Waals surface area contributed by atoms with Crippen LogP contribution in [0.15, 0.2) is 18.3 Å². The summed E-state index contributed by atoms with van der Waals surface area (Å²) in [5.41, 5.74) is 3.60. The summed E-state index contributed by atoms with van der Waals surface area (Å²) in [6.45, 7) is 3.98. The number of pyridine rings is 1. The summed E-state index contributed by atoms with van der Waals surface area (Å²) in [5.74, 6) is -0.854. The lowest BCUT2D eigenvalue weighted by Crippen LogP contribution is -1.99. The van der Waals surface area contributed by atoms with Gasteiger partial charge in [-0.25, -0.2) is 4.98 Å². The van der Waals surface area contributed by atoms with Gasteiger partial charge in [0.05, 0.1) is 12.1 Å². The van der Waals surface area contributed by atoms with Gasteiger partial charge in [0.15, 0.2) is 0 Å². The summed E-state index contributed by atoms with van der Waals surface area (Å²) in [5, 5.41) is 8.67. The van der Waals surface area contributed by atoms with Crippen LogP contribution in [0.3, 0.4) is 0 Å². The van der Waals surface area contributed by atoms with E-state index in [4.69, 9.17) is 5.11 Å². The van der Waals surface area contributed by atoms with Gasteiger partial charge in [-0.05, 0) is 31.5 Å². The average Bonchev–Trinajstić information content (AvgIpc) is 2.45. The molecule has 0 unspecified atom stereocenters. The highest BCUT2D eigenvalue weighted by atomic mass is 16.4. The van der Waals surface area contributed by atoms with Crippen molar-refractivity contribution in [2.75, 3.05) is 0 Å². The molecule has 4 nitrogen and oxygen atoms in total. The highest BCUT2D eigenvalue weighted by Crippen LogP contribution is 2.11. The normalized spacial score (nSPS) is 10.8. The molecule has 0 saturated heterocycles. The van der Waals surface area contributed by atoms with E-state index in [1.54, 1.807) is 6.20 Å². The van der Waals surface area contributed by atoms with Crippen molar-refractivity contribution in [3.63, 3.8) is 0 Å². The fourth-order valence-corrected chi connectivity index (χ4v) is 1.71. The van der Waals surface area contributed by atoms with Crippen LogP contribution in [0.5, 0.6) is 0 Å². The zero-order valence-electron chi connectivity index (χ0n) is 8.69. The summed E-state index contributed by atoms with van der Waals surface area (Å²) >= 11 is 0. The fourth-order valence-electron chi connectivity index (χ4n) is 1.71. The Morgan fingerprint density at radius 2 is 2.20 bits per heavy atom. The van der Waals surface area contributed by atoms with Crippen LogP contribution in [-0.4, -0.2) is 20.5 Å². The minimum atomic E-state index is -0.854. The van der Waals surface area contributed by atoms with Crippen LogP contribution >= 0.6 is 0 Å². The maximum atomic E-state index is 10.5. The molecule has 2 aromatic heterocycles. The molecule has 0 amide bonds. The zero-order chi connectivity index (χ0) is 11.0. The number of rotatable bonds is 2. The molecule has 0 aliphatic carbocycles. The van der Waals surface area contributed by atoms with Gasteiger partial charge >= 0.3 is 5.97 Å². The summed E-state index contributed by atoms with van der Waals surface area (Å²) in [6.07, 6.45) is 1.75. The number of fused-ring (bicyclic) bond motifs is 1. The van der Waals surface area contributed by atoms with Crippen molar-refractivity contribution in [3.05, 3.63) is 35.3 Å². The molecule has 2 rings (SSSR count). The minimum Gasteiger partial charge on any atom is -0.481 e. The third-order valence-electron chi connectivity index (χ3n) is 2.29. The predicted octanol–water partition coefficient (Wildman–Crippen LogP) is 1.58. The Hall–Kier alpha value is -1.84. The van der Waals surface area contributed by atoms with E-state index in [1.807, 2.05) is 30.4 Å². The van der Waals surface area contributed by atoms with E-state index in [2.05, 4.69) is 4.98 Å². The number of carboxylic acids is 1. The quantitative estimate of drug-likeness (QED) is 0.808. The topological polar surface area (TPSA) is 54.6 Å². The highest BCUT2D eigenvalue weighted by Gasteiger charge is 2.07. The molecule has 0 fully saturated rings. The van der Waals surface area contributed by atoms with E-state index >= 15 is 0 Å². The second-order valence-electron chi connectivity index (χ2n) is 3.71. The first-order chi connectivity index (χ1) is 7.06. The molecule has 4 heteroatoms. The third kappa shape index (κ3) is 1.83. The Labute approximate surface area is 87.2 Å². The molecule has 1 N–H and O–H groups in total. The molecule has 0 saturated carbocycles. The van der Waals surface area contributed by atoms with Crippen molar-refractivity contribution < 1.29 is 9.90 Å². The molecule has 15 heavy (non-hydrogen) atoms. The van der Waals surface area contributed by atoms with Gasteiger partial charge in [0, 0.05) is 11.9 Å². The average molecular weight is 204 g/mol. The molecular formula is C11H12N2O2. The molecule has 0 radical (unpaired) electrons. The van der Waals surface area contributed by atoms with Gasteiger partial charge in [-0.3, -0.25) is 4.79 Å². The standard InChI is InChI=1S/C11H12N2O2/c1-7-3-8(2)13-6-9(5-11(14)15)12-10(13)4-7/h3-4,6H,5H2,1-2H3,(H,14,15). The second kappa shape index (κ2) is 3.38. The largest absolute Gasteiger partial charge is 0.481 e. The number of carbonyl (C=O) groups is 1. The van der Waals surface area contributed by atoms with Gasteiger partial charge in [-0.15, -0.1) is 0 Å². The molecule has 2 heterocycles. The first-order valence-electron chi connectivity index (χ1n) is 4.73. The van der Waals surface area contributed by atoms with Crippen molar-refractivity contribution >= 4 is 11.6 Å². The van der Waals surface area contributed by atoms with Crippen molar-refractivity contribution in [1.29, 1.82) is 0 Å². The van der Waals surface area contributed by atoms with Crippen LogP contribution in [0.2, 0.25) is 0 Å². The summed E-state index contributed by atoms with van der Waals surface area (Å²) in [7, 11) is 0. The predicted molar refractivity (Wildman–Crippen MR) is 56.0 cm³/mol. The lowest BCUT2D eigenvalue weighted by atomic mass is 10.2. The maximum Gasteiger partial charge on any atom is 0.309 e. The Balaban J connectivity index is 2.55. The molecule has 0 aliphatic heterocycles. The summed E-state index contributed by atoms with van der Waals surface area (Å²) in [4.78, 5) is 14.8. The number of carboxylic acid groups (broad SMARTS) is 1. The molecule has 2 aromatic rings. The number of imidazole rings is 1. The highest BCUT2D eigenvalue weighted by molar-refractivity contribution is 5.69. The van der Waals surface area contributed by atoms with Crippen LogP contribution in [0.1, 0.15) is 17.0 Å². The first-order valence-corrected chi connectivity index (χ1v) is 4.73. The monoisotopic (exact) mass is 204 g/mol. The Morgan fingerprint density at radius 3 is 2.87 bits per heavy atom. The van der Waals surface area contributed by atoms with Crippen molar-refractivity contribution in [2.24, 2.45) is 0 Å². The molecule has 0 aromatic carbocycles. The lowest BCUT2D eigenvalue weighted by Gasteiger charge is -1.99. The van der Waals surface area contributed by atoms with Gasteiger partial charge in [0.25, 0.3) is 0 Å². The zero-order valence-corrected chi connectivity index (χ0v) is 8.69. The van der Waals surface area contributed by atoms with Gasteiger partial charge in [0.2, 0.25) is 0 Å².